The summed E-state index contributed by atoms with van der Waals surface area (Å²) in [6.45, 7) is 1.51. The van der Waals surface area contributed by atoms with Crippen molar-refractivity contribution in [2.75, 3.05) is 0 Å². The van der Waals surface area contributed by atoms with Crippen LogP contribution >= 0.6 is 0 Å². The number of rotatable bonds is 4. The molecule has 0 saturated heterocycles. The molecule has 2 heterocycles. The molecule has 9 heteroatoms. The summed E-state index contributed by atoms with van der Waals surface area (Å²) in [5, 5.41) is 11.0. The number of halogens is 3. The SMILES string of the molecule is Cc1cccc(-n2nnnc2COc2cc(F)cc(F)c2F)n1. The van der Waals surface area contributed by atoms with Crippen LogP contribution in [-0.2, 0) is 6.61 Å². The van der Waals surface area contributed by atoms with Gasteiger partial charge in [-0.15, -0.1) is 5.10 Å². The van der Waals surface area contributed by atoms with E-state index in [1.54, 1.807) is 25.1 Å². The second-order valence-corrected chi connectivity index (χ2v) is 4.63. The molecular formula is C14H10F3N5O. The van der Waals surface area contributed by atoms with Gasteiger partial charge in [0.05, 0.1) is 0 Å². The Morgan fingerprint density at radius 3 is 2.78 bits per heavy atom. The van der Waals surface area contributed by atoms with Crippen molar-refractivity contribution < 1.29 is 17.9 Å². The lowest BCUT2D eigenvalue weighted by molar-refractivity contribution is 0.270. The zero-order valence-electron chi connectivity index (χ0n) is 11.9. The van der Waals surface area contributed by atoms with Crippen LogP contribution in [0.2, 0.25) is 0 Å². The minimum absolute atomic E-state index is 0.201. The number of hydrogen-bond acceptors (Lipinski definition) is 5. The van der Waals surface area contributed by atoms with Crippen molar-refractivity contribution in [3.63, 3.8) is 0 Å². The van der Waals surface area contributed by atoms with Gasteiger partial charge in [0.2, 0.25) is 5.82 Å². The molecule has 23 heavy (non-hydrogen) atoms. The summed E-state index contributed by atoms with van der Waals surface area (Å²) in [6.07, 6.45) is 0. The van der Waals surface area contributed by atoms with Crippen molar-refractivity contribution in [1.82, 2.24) is 25.2 Å². The second kappa shape index (κ2) is 6.03. The molecule has 0 spiro atoms. The Balaban J connectivity index is 1.84. The van der Waals surface area contributed by atoms with E-state index in [0.29, 0.717) is 11.9 Å². The average molecular weight is 321 g/mol. The van der Waals surface area contributed by atoms with Gasteiger partial charge in [0, 0.05) is 17.8 Å². The smallest absolute Gasteiger partial charge is 0.200 e. The van der Waals surface area contributed by atoms with Gasteiger partial charge < -0.3 is 4.74 Å². The highest BCUT2D eigenvalue weighted by molar-refractivity contribution is 5.27. The van der Waals surface area contributed by atoms with E-state index in [4.69, 9.17) is 4.74 Å². The third-order valence-corrected chi connectivity index (χ3v) is 2.94. The number of tetrazole rings is 1. The maximum atomic E-state index is 13.5. The molecule has 0 bridgehead atoms. The van der Waals surface area contributed by atoms with E-state index in [2.05, 4.69) is 20.5 Å². The number of hydrogen-bond donors (Lipinski definition) is 0. The topological polar surface area (TPSA) is 65.7 Å². The lowest BCUT2D eigenvalue weighted by Gasteiger charge is -2.08. The second-order valence-electron chi connectivity index (χ2n) is 4.63. The Hall–Kier alpha value is -2.97. The van der Waals surface area contributed by atoms with E-state index in [9.17, 15) is 13.2 Å². The maximum Gasteiger partial charge on any atom is 0.200 e. The van der Waals surface area contributed by atoms with Crippen molar-refractivity contribution in [3.8, 4) is 11.6 Å². The highest BCUT2D eigenvalue weighted by Gasteiger charge is 2.15. The summed E-state index contributed by atoms with van der Waals surface area (Å²) in [4.78, 5) is 4.25. The zero-order valence-corrected chi connectivity index (χ0v) is 11.9. The molecule has 0 aliphatic carbocycles. The van der Waals surface area contributed by atoms with Gasteiger partial charge in [-0.05, 0) is 29.5 Å². The molecule has 0 aliphatic rings. The average Bonchev–Trinajstić information content (AvgIpc) is 2.98. The fourth-order valence-corrected chi connectivity index (χ4v) is 1.90. The predicted molar refractivity (Wildman–Crippen MR) is 72.3 cm³/mol. The predicted octanol–water partition coefficient (Wildman–Crippen LogP) is 2.36. The third kappa shape index (κ3) is 3.12. The van der Waals surface area contributed by atoms with E-state index < -0.39 is 23.2 Å². The van der Waals surface area contributed by atoms with E-state index in [-0.39, 0.29) is 12.4 Å². The zero-order chi connectivity index (χ0) is 16.4. The molecule has 0 saturated carbocycles. The quantitative estimate of drug-likeness (QED) is 0.690. The van der Waals surface area contributed by atoms with Crippen molar-refractivity contribution in [2.45, 2.75) is 13.5 Å². The molecular weight excluding hydrogens is 311 g/mol. The Kier molecular flexibility index (Phi) is 3.92. The molecule has 0 radical (unpaired) electrons. The fraction of sp³-hybridized carbons (Fsp3) is 0.143. The number of nitrogens with zero attached hydrogens (tertiary/aromatic N) is 5. The maximum absolute atomic E-state index is 13.5. The van der Waals surface area contributed by atoms with E-state index in [0.717, 1.165) is 11.8 Å². The molecule has 0 N–H and O–H groups in total. The lowest BCUT2D eigenvalue weighted by Crippen LogP contribution is -2.09. The van der Waals surface area contributed by atoms with Crippen molar-refractivity contribution in [3.05, 3.63) is 59.3 Å². The monoisotopic (exact) mass is 321 g/mol. The van der Waals surface area contributed by atoms with Gasteiger partial charge in [0.25, 0.3) is 0 Å². The first-order valence-corrected chi connectivity index (χ1v) is 6.53. The number of pyridine rings is 1. The molecule has 118 valence electrons. The molecule has 0 aliphatic heterocycles. The standard InChI is InChI=1S/C14H10F3N5O/c1-8-3-2-4-12(18-8)22-13(19-20-21-22)7-23-11-6-9(15)5-10(16)14(11)17/h2-6H,7H2,1H3. The molecule has 0 amide bonds. The first kappa shape index (κ1) is 14.9. The number of aromatic nitrogens is 5. The van der Waals surface area contributed by atoms with E-state index in [1.807, 2.05) is 0 Å². The Morgan fingerprint density at radius 1 is 1.17 bits per heavy atom. The van der Waals surface area contributed by atoms with Gasteiger partial charge in [-0.1, -0.05) is 6.07 Å². The van der Waals surface area contributed by atoms with E-state index >= 15 is 0 Å². The minimum atomic E-state index is -1.33. The molecule has 2 aromatic heterocycles. The van der Waals surface area contributed by atoms with Crippen LogP contribution in [0.3, 0.4) is 0 Å². The summed E-state index contributed by atoms with van der Waals surface area (Å²) >= 11 is 0. The van der Waals surface area contributed by atoms with Crippen LogP contribution in [0.25, 0.3) is 5.82 Å². The summed E-state index contributed by atoms with van der Waals surface area (Å²) in [6, 6.07) is 6.43. The van der Waals surface area contributed by atoms with Crippen LogP contribution in [-0.4, -0.2) is 25.2 Å². The van der Waals surface area contributed by atoms with Gasteiger partial charge >= 0.3 is 0 Å². The van der Waals surface area contributed by atoms with Gasteiger partial charge in [-0.25, -0.2) is 13.8 Å². The molecule has 1 aromatic carbocycles. The Bertz CT molecular complexity index is 852. The van der Waals surface area contributed by atoms with Crippen LogP contribution in [0.15, 0.2) is 30.3 Å². The van der Waals surface area contributed by atoms with Crippen molar-refractivity contribution in [1.29, 1.82) is 0 Å². The molecule has 3 aromatic rings. The Morgan fingerprint density at radius 2 is 2.00 bits per heavy atom. The van der Waals surface area contributed by atoms with Crippen LogP contribution in [0.1, 0.15) is 11.5 Å². The van der Waals surface area contributed by atoms with Gasteiger partial charge in [-0.3, -0.25) is 0 Å². The normalized spacial score (nSPS) is 10.8. The largest absolute Gasteiger partial charge is 0.482 e. The highest BCUT2D eigenvalue weighted by Crippen LogP contribution is 2.22. The number of benzene rings is 1. The van der Waals surface area contributed by atoms with Crippen molar-refractivity contribution >= 4 is 0 Å². The van der Waals surface area contributed by atoms with Crippen LogP contribution in [0.4, 0.5) is 13.2 Å². The molecule has 0 atom stereocenters. The van der Waals surface area contributed by atoms with Crippen LogP contribution in [0.5, 0.6) is 5.75 Å². The van der Waals surface area contributed by atoms with Gasteiger partial charge in [0.1, 0.15) is 5.82 Å². The first-order valence-electron chi connectivity index (χ1n) is 6.53. The summed E-state index contributed by atoms with van der Waals surface area (Å²) in [7, 11) is 0. The van der Waals surface area contributed by atoms with Crippen molar-refractivity contribution in [2.24, 2.45) is 0 Å². The van der Waals surface area contributed by atoms with Crippen LogP contribution in [0, 0.1) is 24.4 Å². The fourth-order valence-electron chi connectivity index (χ4n) is 1.90. The summed E-state index contributed by atoms with van der Waals surface area (Å²) in [5.41, 5.74) is 0.753. The first-order chi connectivity index (χ1) is 11.0. The molecule has 6 nitrogen and oxygen atoms in total. The Labute approximate surface area is 128 Å². The third-order valence-electron chi connectivity index (χ3n) is 2.94. The lowest BCUT2D eigenvalue weighted by atomic mass is 10.3. The van der Waals surface area contributed by atoms with Gasteiger partial charge in [-0.2, -0.15) is 9.07 Å². The molecule has 0 unspecified atom stereocenters. The summed E-state index contributed by atoms with van der Waals surface area (Å²) < 4.78 is 46.2. The number of aryl methyl sites for hydroxylation is 1. The highest BCUT2D eigenvalue weighted by atomic mass is 19.2. The van der Waals surface area contributed by atoms with Gasteiger partial charge in [0.15, 0.2) is 29.8 Å². The minimum Gasteiger partial charge on any atom is -0.482 e. The van der Waals surface area contributed by atoms with E-state index in [1.165, 1.54) is 4.68 Å². The molecule has 0 fully saturated rings. The number of ether oxygens (including phenoxy) is 1. The van der Waals surface area contributed by atoms with Crippen LogP contribution < -0.4 is 4.74 Å². The molecule has 3 rings (SSSR count). The summed E-state index contributed by atoms with van der Waals surface area (Å²) in [5.74, 6) is -3.47.